The molecule has 2 amide bonds. The first-order valence-corrected chi connectivity index (χ1v) is 9.45. The molecule has 1 fully saturated rings. The van der Waals surface area contributed by atoms with Gasteiger partial charge in [0.25, 0.3) is 5.91 Å². The number of ether oxygens (including phenoxy) is 1. The minimum absolute atomic E-state index is 0.0766. The number of carbonyl (C=O) groups excluding carboxylic acids is 3. The maximum absolute atomic E-state index is 12.3. The molecule has 1 saturated heterocycles. The molecule has 1 aliphatic rings. The Balaban J connectivity index is 1.51. The molecule has 3 rings (SSSR count). The van der Waals surface area contributed by atoms with Crippen molar-refractivity contribution < 1.29 is 19.1 Å². The predicted octanol–water partition coefficient (Wildman–Crippen LogP) is 3.44. The van der Waals surface area contributed by atoms with Gasteiger partial charge in [-0.2, -0.15) is 0 Å². The van der Waals surface area contributed by atoms with Crippen molar-refractivity contribution in [3.05, 3.63) is 59.1 Å². The van der Waals surface area contributed by atoms with Crippen LogP contribution in [0.25, 0.3) is 0 Å². The van der Waals surface area contributed by atoms with E-state index in [-0.39, 0.29) is 18.9 Å². The van der Waals surface area contributed by atoms with E-state index in [1.54, 1.807) is 29.2 Å². The summed E-state index contributed by atoms with van der Waals surface area (Å²) in [5.74, 6) is -1.71. The van der Waals surface area contributed by atoms with Crippen molar-refractivity contribution in [2.75, 3.05) is 23.4 Å². The summed E-state index contributed by atoms with van der Waals surface area (Å²) in [6, 6.07) is 14.3. The van der Waals surface area contributed by atoms with Crippen molar-refractivity contribution in [2.24, 2.45) is 5.92 Å². The quantitative estimate of drug-likeness (QED) is 0.753. The molecule has 0 bridgehead atoms. The van der Waals surface area contributed by atoms with Gasteiger partial charge >= 0.3 is 5.97 Å². The highest BCUT2D eigenvalue weighted by Crippen LogP contribution is 2.26. The lowest BCUT2D eigenvalue weighted by Crippen LogP contribution is -2.28. The lowest BCUT2D eigenvalue weighted by Gasteiger charge is -2.17. The molecule has 1 heterocycles. The average Bonchev–Trinajstić information content (AvgIpc) is 3.10. The zero-order valence-electron chi connectivity index (χ0n) is 15.5. The van der Waals surface area contributed by atoms with E-state index in [1.165, 1.54) is 5.56 Å². The molecule has 6 nitrogen and oxygen atoms in total. The van der Waals surface area contributed by atoms with Crippen molar-refractivity contribution in [3.63, 3.8) is 0 Å². The van der Waals surface area contributed by atoms with Gasteiger partial charge in [0.15, 0.2) is 6.61 Å². The number of benzene rings is 2. The Labute approximate surface area is 168 Å². The summed E-state index contributed by atoms with van der Waals surface area (Å²) < 4.78 is 5.10. The summed E-state index contributed by atoms with van der Waals surface area (Å²) in [6.07, 6.45) is 0.994. The molecule has 0 saturated carbocycles. The van der Waals surface area contributed by atoms with Crippen molar-refractivity contribution in [1.29, 1.82) is 0 Å². The lowest BCUT2D eigenvalue weighted by atomic mass is 10.1. The van der Waals surface area contributed by atoms with Crippen LogP contribution in [0.1, 0.15) is 18.9 Å². The van der Waals surface area contributed by atoms with Gasteiger partial charge in [0.1, 0.15) is 0 Å². The number of hydrogen-bond acceptors (Lipinski definition) is 4. The molecular formula is C21H21ClN2O4. The van der Waals surface area contributed by atoms with Crippen LogP contribution in [0.4, 0.5) is 11.4 Å². The number of nitrogens with one attached hydrogen (secondary N) is 1. The van der Waals surface area contributed by atoms with Gasteiger partial charge < -0.3 is 15.0 Å². The molecule has 0 aromatic heterocycles. The Morgan fingerprint density at radius 1 is 1.14 bits per heavy atom. The number of carbonyl (C=O) groups is 3. The molecule has 0 radical (unpaired) electrons. The fraction of sp³-hybridized carbons (Fsp3) is 0.286. The van der Waals surface area contributed by atoms with Crippen LogP contribution >= 0.6 is 11.6 Å². The van der Waals surface area contributed by atoms with Crippen LogP contribution in [0.3, 0.4) is 0 Å². The highest BCUT2D eigenvalue weighted by atomic mass is 35.5. The Bertz CT molecular complexity index is 865. The Hall–Kier alpha value is -2.86. The van der Waals surface area contributed by atoms with Gasteiger partial charge in [0.05, 0.1) is 5.92 Å². The number of anilines is 2. The Kier molecular flexibility index (Phi) is 6.31. The van der Waals surface area contributed by atoms with Crippen LogP contribution in [-0.2, 0) is 25.5 Å². The highest BCUT2D eigenvalue weighted by molar-refractivity contribution is 6.30. The largest absolute Gasteiger partial charge is 0.455 e. The van der Waals surface area contributed by atoms with E-state index in [0.717, 1.165) is 12.1 Å². The molecule has 0 aliphatic carbocycles. The van der Waals surface area contributed by atoms with E-state index in [4.69, 9.17) is 16.3 Å². The van der Waals surface area contributed by atoms with E-state index < -0.39 is 24.4 Å². The second-order valence-electron chi connectivity index (χ2n) is 6.59. The Morgan fingerprint density at radius 2 is 1.82 bits per heavy atom. The smallest absolute Gasteiger partial charge is 0.311 e. The lowest BCUT2D eigenvalue weighted by molar-refractivity contribution is -0.151. The first-order valence-electron chi connectivity index (χ1n) is 9.07. The third-order valence-electron chi connectivity index (χ3n) is 4.59. The summed E-state index contributed by atoms with van der Waals surface area (Å²) in [7, 11) is 0. The molecular weight excluding hydrogens is 380 g/mol. The van der Waals surface area contributed by atoms with E-state index in [1.807, 2.05) is 24.3 Å². The fourth-order valence-corrected chi connectivity index (χ4v) is 3.14. The first-order chi connectivity index (χ1) is 13.5. The standard InChI is InChI=1S/C21H21ClN2O4/c1-2-14-3-9-18(10-4-14)24-12-15(11-20(24)26)21(27)28-13-19(25)23-17-7-5-16(22)6-8-17/h3-10,15H,2,11-13H2,1H3,(H,23,25). The monoisotopic (exact) mass is 400 g/mol. The summed E-state index contributed by atoms with van der Waals surface area (Å²) >= 11 is 5.79. The summed E-state index contributed by atoms with van der Waals surface area (Å²) in [6.45, 7) is 1.91. The van der Waals surface area contributed by atoms with E-state index in [2.05, 4.69) is 12.2 Å². The van der Waals surface area contributed by atoms with Gasteiger partial charge in [0.2, 0.25) is 5.91 Å². The molecule has 0 spiro atoms. The van der Waals surface area contributed by atoms with Gasteiger partial charge in [-0.25, -0.2) is 0 Å². The summed E-state index contributed by atoms with van der Waals surface area (Å²) in [4.78, 5) is 38.1. The number of esters is 1. The van der Waals surface area contributed by atoms with Crippen molar-refractivity contribution in [2.45, 2.75) is 19.8 Å². The zero-order chi connectivity index (χ0) is 20.1. The number of rotatable bonds is 6. The highest BCUT2D eigenvalue weighted by Gasteiger charge is 2.36. The van der Waals surface area contributed by atoms with Gasteiger partial charge in [-0.05, 0) is 48.4 Å². The molecule has 1 atom stereocenters. The predicted molar refractivity (Wildman–Crippen MR) is 107 cm³/mol. The fourth-order valence-electron chi connectivity index (χ4n) is 3.01. The van der Waals surface area contributed by atoms with Crippen molar-refractivity contribution in [3.8, 4) is 0 Å². The SMILES string of the molecule is CCc1ccc(N2CC(C(=O)OCC(=O)Nc3ccc(Cl)cc3)CC2=O)cc1. The number of nitrogens with zero attached hydrogens (tertiary/aromatic N) is 1. The first kappa shape index (κ1) is 19.9. The number of halogens is 1. The molecule has 28 heavy (non-hydrogen) atoms. The number of aryl methyl sites for hydroxylation is 1. The van der Waals surface area contributed by atoms with Crippen LogP contribution < -0.4 is 10.2 Å². The normalized spacial score (nSPS) is 16.1. The van der Waals surface area contributed by atoms with Crippen LogP contribution in [-0.4, -0.2) is 30.9 Å². The van der Waals surface area contributed by atoms with Crippen molar-refractivity contribution in [1.82, 2.24) is 0 Å². The second-order valence-corrected chi connectivity index (χ2v) is 7.02. The maximum atomic E-state index is 12.3. The molecule has 1 N–H and O–H groups in total. The van der Waals surface area contributed by atoms with E-state index in [0.29, 0.717) is 10.7 Å². The number of hydrogen-bond donors (Lipinski definition) is 1. The van der Waals surface area contributed by atoms with Gasteiger partial charge in [-0.15, -0.1) is 0 Å². The third kappa shape index (κ3) is 4.89. The minimum atomic E-state index is -0.582. The summed E-state index contributed by atoms with van der Waals surface area (Å²) in [5, 5.41) is 3.18. The molecule has 1 aliphatic heterocycles. The van der Waals surface area contributed by atoms with Gasteiger partial charge in [-0.1, -0.05) is 30.7 Å². The molecule has 2 aromatic rings. The van der Waals surface area contributed by atoms with Crippen LogP contribution in [0.15, 0.2) is 48.5 Å². The molecule has 1 unspecified atom stereocenters. The molecule has 146 valence electrons. The van der Waals surface area contributed by atoms with E-state index in [9.17, 15) is 14.4 Å². The maximum Gasteiger partial charge on any atom is 0.311 e. The third-order valence-corrected chi connectivity index (χ3v) is 4.84. The average molecular weight is 401 g/mol. The molecule has 7 heteroatoms. The topological polar surface area (TPSA) is 75.7 Å². The van der Waals surface area contributed by atoms with Crippen molar-refractivity contribution >= 4 is 40.8 Å². The minimum Gasteiger partial charge on any atom is -0.455 e. The van der Waals surface area contributed by atoms with Crippen LogP contribution in [0, 0.1) is 5.92 Å². The van der Waals surface area contributed by atoms with E-state index >= 15 is 0 Å². The van der Waals surface area contributed by atoms with Gasteiger partial charge in [-0.3, -0.25) is 14.4 Å². The van der Waals surface area contributed by atoms with Crippen LogP contribution in [0.2, 0.25) is 5.02 Å². The summed E-state index contributed by atoms with van der Waals surface area (Å²) in [5.41, 5.74) is 2.50. The molecule has 2 aromatic carbocycles. The van der Waals surface area contributed by atoms with Gasteiger partial charge in [0, 0.05) is 29.4 Å². The van der Waals surface area contributed by atoms with Crippen LogP contribution in [0.5, 0.6) is 0 Å². The number of amides is 2. The second kappa shape index (κ2) is 8.89. The Morgan fingerprint density at radius 3 is 2.46 bits per heavy atom. The zero-order valence-corrected chi connectivity index (χ0v) is 16.2.